The number of hydrogen-bond acceptors (Lipinski definition) is 6. The number of amides is 3. The van der Waals surface area contributed by atoms with Crippen LogP contribution in [-0.4, -0.2) is 50.2 Å². The number of esters is 2. The zero-order valence-electron chi connectivity index (χ0n) is 16.3. The molecule has 9 nitrogen and oxygen atoms in total. The first kappa shape index (κ1) is 20.4. The van der Waals surface area contributed by atoms with E-state index in [-0.39, 0.29) is 49.9 Å². The summed E-state index contributed by atoms with van der Waals surface area (Å²) in [5.41, 5.74) is 2.18. The molecule has 1 aromatic rings. The fourth-order valence-corrected chi connectivity index (χ4v) is 3.17. The maximum absolute atomic E-state index is 12.5. The molecule has 1 fully saturated rings. The Kier molecular flexibility index (Phi) is 6.16. The maximum atomic E-state index is 12.5. The molecule has 2 aliphatic rings. The minimum Gasteiger partial charge on any atom is -0.463 e. The number of nitrogens with one attached hydrogen (secondary N) is 2. The molecule has 9 heteroatoms. The normalized spacial score (nSPS) is 19.0. The Hall–Kier alpha value is -3.36. The first-order valence-electron chi connectivity index (χ1n) is 9.36. The number of rotatable bonds is 6. The van der Waals surface area contributed by atoms with E-state index in [1.54, 1.807) is 11.8 Å². The van der Waals surface area contributed by atoms with E-state index in [0.717, 1.165) is 11.3 Å². The molecule has 3 amide bonds. The van der Waals surface area contributed by atoms with E-state index in [4.69, 9.17) is 9.47 Å². The maximum Gasteiger partial charge on any atom is 0.337 e. The molecule has 2 heterocycles. The SMILES string of the molecule is CCOC(=O)C1=C(COC(=O)[C@H]2CC(=O)N(c3ccc(C)cc3)C2)NC(=O)NC1. The van der Waals surface area contributed by atoms with Crippen LogP contribution in [0, 0.1) is 12.8 Å². The van der Waals surface area contributed by atoms with Gasteiger partial charge in [0.2, 0.25) is 5.91 Å². The van der Waals surface area contributed by atoms with Crippen molar-refractivity contribution in [3.05, 3.63) is 41.1 Å². The van der Waals surface area contributed by atoms with Crippen molar-refractivity contribution in [2.45, 2.75) is 20.3 Å². The summed E-state index contributed by atoms with van der Waals surface area (Å²) in [6.07, 6.45) is 0.0460. The molecule has 0 aliphatic carbocycles. The summed E-state index contributed by atoms with van der Waals surface area (Å²) < 4.78 is 10.3. The number of aryl methyl sites for hydroxylation is 1. The van der Waals surface area contributed by atoms with Crippen LogP contribution in [0.5, 0.6) is 0 Å². The Morgan fingerprint density at radius 1 is 1.17 bits per heavy atom. The lowest BCUT2D eigenvalue weighted by molar-refractivity contribution is -0.147. The molecule has 1 atom stereocenters. The third-order valence-corrected chi connectivity index (χ3v) is 4.74. The molecule has 2 aliphatic heterocycles. The zero-order chi connectivity index (χ0) is 21.0. The van der Waals surface area contributed by atoms with E-state index in [1.807, 2.05) is 31.2 Å². The zero-order valence-corrected chi connectivity index (χ0v) is 16.3. The third-order valence-electron chi connectivity index (χ3n) is 4.74. The standard InChI is InChI=1S/C20H23N3O6/c1-3-28-19(26)15-9-21-20(27)22-16(15)11-29-18(25)13-8-17(24)23(10-13)14-6-4-12(2)5-7-14/h4-7,13H,3,8-11H2,1-2H3,(H2,21,22,27)/t13-/m0/s1. The van der Waals surface area contributed by atoms with Gasteiger partial charge in [-0.25, -0.2) is 9.59 Å². The molecule has 3 rings (SSSR count). The molecule has 0 radical (unpaired) electrons. The molecule has 0 bridgehead atoms. The molecule has 0 saturated carbocycles. The summed E-state index contributed by atoms with van der Waals surface area (Å²) in [4.78, 5) is 49.9. The van der Waals surface area contributed by atoms with Gasteiger partial charge in [-0.2, -0.15) is 0 Å². The van der Waals surface area contributed by atoms with E-state index in [1.165, 1.54) is 0 Å². The second-order valence-electron chi connectivity index (χ2n) is 6.83. The van der Waals surface area contributed by atoms with Gasteiger partial charge in [-0.15, -0.1) is 0 Å². The smallest absolute Gasteiger partial charge is 0.337 e. The van der Waals surface area contributed by atoms with Gasteiger partial charge < -0.3 is 25.0 Å². The lowest BCUT2D eigenvalue weighted by atomic mass is 10.1. The van der Waals surface area contributed by atoms with Gasteiger partial charge in [0.25, 0.3) is 0 Å². The van der Waals surface area contributed by atoms with E-state index in [9.17, 15) is 19.2 Å². The van der Waals surface area contributed by atoms with Crippen molar-refractivity contribution >= 4 is 29.6 Å². The highest BCUT2D eigenvalue weighted by atomic mass is 16.5. The van der Waals surface area contributed by atoms with E-state index >= 15 is 0 Å². The second-order valence-corrected chi connectivity index (χ2v) is 6.83. The van der Waals surface area contributed by atoms with Crippen LogP contribution < -0.4 is 15.5 Å². The average molecular weight is 401 g/mol. The number of urea groups is 1. The molecule has 0 spiro atoms. The Morgan fingerprint density at radius 3 is 2.59 bits per heavy atom. The van der Waals surface area contributed by atoms with Crippen molar-refractivity contribution in [2.75, 3.05) is 31.2 Å². The molecule has 0 unspecified atom stereocenters. The van der Waals surface area contributed by atoms with Crippen LogP contribution in [0.15, 0.2) is 35.5 Å². The molecule has 154 valence electrons. The molecule has 1 aromatic carbocycles. The summed E-state index contributed by atoms with van der Waals surface area (Å²) in [5.74, 6) is -1.92. The van der Waals surface area contributed by atoms with Crippen molar-refractivity contribution in [2.24, 2.45) is 5.92 Å². The Morgan fingerprint density at radius 2 is 1.90 bits per heavy atom. The van der Waals surface area contributed by atoms with Gasteiger partial charge in [0.15, 0.2) is 0 Å². The van der Waals surface area contributed by atoms with Gasteiger partial charge >= 0.3 is 18.0 Å². The topological polar surface area (TPSA) is 114 Å². The molecular weight excluding hydrogens is 378 g/mol. The highest BCUT2D eigenvalue weighted by molar-refractivity contribution is 5.99. The summed E-state index contributed by atoms with van der Waals surface area (Å²) in [7, 11) is 0. The molecule has 1 saturated heterocycles. The Bertz CT molecular complexity index is 861. The number of carbonyl (C=O) groups is 4. The van der Waals surface area contributed by atoms with E-state index < -0.39 is 23.9 Å². The average Bonchev–Trinajstić information content (AvgIpc) is 3.08. The number of anilines is 1. The van der Waals surface area contributed by atoms with E-state index in [2.05, 4.69) is 10.6 Å². The van der Waals surface area contributed by atoms with Gasteiger partial charge in [0.1, 0.15) is 6.61 Å². The number of carbonyl (C=O) groups excluding carboxylic acids is 4. The fourth-order valence-electron chi connectivity index (χ4n) is 3.17. The van der Waals surface area contributed by atoms with Gasteiger partial charge in [0, 0.05) is 18.7 Å². The molecular formula is C20H23N3O6. The summed E-state index contributed by atoms with van der Waals surface area (Å²) in [6, 6.07) is 6.98. The Labute approximate surface area is 168 Å². The first-order chi connectivity index (χ1) is 13.9. The number of ether oxygens (including phenoxy) is 2. The molecule has 0 aromatic heterocycles. The highest BCUT2D eigenvalue weighted by Gasteiger charge is 2.36. The summed E-state index contributed by atoms with van der Waals surface area (Å²) in [6.45, 7) is 3.73. The third kappa shape index (κ3) is 4.74. The van der Waals surface area contributed by atoms with Crippen molar-refractivity contribution < 1.29 is 28.7 Å². The first-order valence-corrected chi connectivity index (χ1v) is 9.36. The van der Waals surface area contributed by atoms with Crippen LogP contribution in [0.4, 0.5) is 10.5 Å². The van der Waals surface area contributed by atoms with Crippen LogP contribution in [0.2, 0.25) is 0 Å². The summed E-state index contributed by atoms with van der Waals surface area (Å²) in [5, 5.41) is 4.95. The lowest BCUT2D eigenvalue weighted by Gasteiger charge is -2.21. The number of nitrogens with zero attached hydrogens (tertiary/aromatic N) is 1. The highest BCUT2D eigenvalue weighted by Crippen LogP contribution is 2.26. The van der Waals surface area contributed by atoms with Crippen LogP contribution in [0.1, 0.15) is 18.9 Å². The van der Waals surface area contributed by atoms with Crippen molar-refractivity contribution in [3.8, 4) is 0 Å². The van der Waals surface area contributed by atoms with Crippen molar-refractivity contribution in [1.29, 1.82) is 0 Å². The minimum absolute atomic E-state index is 0.0132. The fraction of sp³-hybridized carbons (Fsp3) is 0.400. The summed E-state index contributed by atoms with van der Waals surface area (Å²) >= 11 is 0. The Balaban J connectivity index is 1.64. The number of hydrogen-bond donors (Lipinski definition) is 2. The predicted molar refractivity (Wildman–Crippen MR) is 103 cm³/mol. The van der Waals surface area contributed by atoms with Crippen LogP contribution in [0.25, 0.3) is 0 Å². The van der Waals surface area contributed by atoms with Gasteiger partial charge in [-0.1, -0.05) is 17.7 Å². The predicted octanol–water partition coefficient (Wildman–Crippen LogP) is 1.02. The monoisotopic (exact) mass is 401 g/mol. The molecule has 29 heavy (non-hydrogen) atoms. The second kappa shape index (κ2) is 8.76. The van der Waals surface area contributed by atoms with Crippen molar-refractivity contribution in [3.63, 3.8) is 0 Å². The van der Waals surface area contributed by atoms with Crippen LogP contribution in [0.3, 0.4) is 0 Å². The largest absolute Gasteiger partial charge is 0.463 e. The van der Waals surface area contributed by atoms with Crippen LogP contribution >= 0.6 is 0 Å². The quantitative estimate of drug-likeness (QED) is 0.688. The minimum atomic E-state index is -0.618. The van der Waals surface area contributed by atoms with E-state index in [0.29, 0.717) is 0 Å². The lowest BCUT2D eigenvalue weighted by Crippen LogP contribution is -2.45. The van der Waals surface area contributed by atoms with Gasteiger partial charge in [-0.05, 0) is 26.0 Å². The molecule has 2 N–H and O–H groups in total. The van der Waals surface area contributed by atoms with Gasteiger partial charge in [0.05, 0.1) is 30.3 Å². The number of benzene rings is 1. The van der Waals surface area contributed by atoms with Crippen LogP contribution in [-0.2, 0) is 23.9 Å². The van der Waals surface area contributed by atoms with Gasteiger partial charge in [-0.3, -0.25) is 9.59 Å². The van der Waals surface area contributed by atoms with Crippen molar-refractivity contribution in [1.82, 2.24) is 10.6 Å².